The number of ether oxygens (including phenoxy) is 2. The number of aliphatic hydroxyl groups excluding tert-OH is 1. The molecular formula is C24H22N3O3+. The van der Waals surface area contributed by atoms with Gasteiger partial charge in [0.05, 0.1) is 26.2 Å². The predicted molar refractivity (Wildman–Crippen MR) is 114 cm³/mol. The van der Waals surface area contributed by atoms with Crippen LogP contribution in [0.15, 0.2) is 67.0 Å². The Balaban J connectivity index is 1.81. The van der Waals surface area contributed by atoms with Crippen LogP contribution in [0.3, 0.4) is 0 Å². The maximum Gasteiger partial charge on any atom is 0.306 e. The first-order valence-corrected chi connectivity index (χ1v) is 9.83. The van der Waals surface area contributed by atoms with E-state index in [1.54, 1.807) is 18.0 Å². The third-order valence-corrected chi connectivity index (χ3v) is 5.63. The van der Waals surface area contributed by atoms with Crippen molar-refractivity contribution in [2.75, 3.05) is 19.5 Å². The summed E-state index contributed by atoms with van der Waals surface area (Å²) in [6.45, 7) is 0.340. The molecule has 0 unspecified atom stereocenters. The van der Waals surface area contributed by atoms with Gasteiger partial charge < -0.3 is 20.3 Å². The molecule has 4 aromatic rings. The molecule has 1 aliphatic heterocycles. The molecule has 0 bridgehead atoms. The van der Waals surface area contributed by atoms with Gasteiger partial charge in [-0.25, -0.2) is 4.57 Å². The molecule has 6 nitrogen and oxygen atoms in total. The number of hydrogen-bond acceptors (Lipinski definition) is 5. The van der Waals surface area contributed by atoms with E-state index in [1.807, 2.05) is 42.5 Å². The van der Waals surface area contributed by atoms with Crippen molar-refractivity contribution >= 4 is 16.6 Å². The zero-order chi connectivity index (χ0) is 20.7. The van der Waals surface area contributed by atoms with E-state index in [4.69, 9.17) is 15.2 Å². The molecule has 0 aliphatic carbocycles. The minimum atomic E-state index is -0.167. The summed E-state index contributed by atoms with van der Waals surface area (Å²) in [7, 11) is 1.65. The molecule has 0 saturated carbocycles. The smallest absolute Gasteiger partial charge is 0.306 e. The highest BCUT2D eigenvalue weighted by Gasteiger charge is 2.37. The molecule has 30 heavy (non-hydrogen) atoms. The average molecular weight is 400 g/mol. The van der Waals surface area contributed by atoms with Gasteiger partial charge in [0.25, 0.3) is 0 Å². The molecule has 3 N–H and O–H groups in total. The molecule has 0 fully saturated rings. The third-order valence-electron chi connectivity index (χ3n) is 5.63. The molecule has 150 valence electrons. The highest BCUT2D eigenvalue weighted by Crippen LogP contribution is 2.50. The number of nitrogens with two attached hydrogens (primary N) is 1. The molecule has 0 radical (unpaired) electrons. The average Bonchev–Trinajstić information content (AvgIpc) is 2.79. The van der Waals surface area contributed by atoms with Gasteiger partial charge in [-0.15, -0.1) is 0 Å². The van der Waals surface area contributed by atoms with Crippen molar-refractivity contribution in [2.24, 2.45) is 0 Å². The number of aromatic nitrogens is 2. The van der Waals surface area contributed by atoms with Crippen LogP contribution in [-0.4, -0.2) is 23.8 Å². The molecule has 0 spiro atoms. The Hall–Kier alpha value is -3.64. The Bertz CT molecular complexity index is 1240. The van der Waals surface area contributed by atoms with Gasteiger partial charge in [0.15, 0.2) is 0 Å². The largest absolute Gasteiger partial charge is 0.497 e. The lowest BCUT2D eigenvalue weighted by Gasteiger charge is -2.28. The summed E-state index contributed by atoms with van der Waals surface area (Å²) in [6, 6.07) is 20.3. The number of fused-ring (bicyclic) bond motifs is 4. The van der Waals surface area contributed by atoms with Crippen LogP contribution < -0.4 is 19.8 Å². The molecule has 6 heteroatoms. The van der Waals surface area contributed by atoms with E-state index in [2.05, 4.69) is 23.2 Å². The van der Waals surface area contributed by atoms with E-state index in [0.717, 1.165) is 39.0 Å². The summed E-state index contributed by atoms with van der Waals surface area (Å²) in [5.74, 6) is 2.42. The minimum absolute atomic E-state index is 0.0249. The molecule has 5 rings (SSSR count). The second-order valence-electron chi connectivity index (χ2n) is 7.27. The van der Waals surface area contributed by atoms with Crippen LogP contribution in [0.25, 0.3) is 10.8 Å². The second kappa shape index (κ2) is 7.31. The normalized spacial score (nSPS) is 14.7. The molecule has 1 aliphatic rings. The van der Waals surface area contributed by atoms with Gasteiger partial charge >= 0.3 is 5.88 Å². The molecule has 0 saturated heterocycles. The number of rotatable bonds is 4. The Labute approximate surface area is 174 Å². The van der Waals surface area contributed by atoms with Crippen LogP contribution in [-0.2, 0) is 6.54 Å². The van der Waals surface area contributed by atoms with E-state index in [9.17, 15) is 5.11 Å². The number of nitrogens with zero attached hydrogens (tertiary/aromatic N) is 2. The first kappa shape index (κ1) is 18.4. The Kier molecular flexibility index (Phi) is 4.48. The SMILES string of the molecule is COc1ccc([C@H]2c3c(nc[n+](CCO)c3N)Oc3ccc4ccccc4c32)cc1. The molecular weight excluding hydrogens is 378 g/mol. The number of aliphatic hydroxyl groups is 1. The van der Waals surface area contributed by atoms with Crippen LogP contribution >= 0.6 is 0 Å². The fourth-order valence-corrected chi connectivity index (χ4v) is 4.20. The van der Waals surface area contributed by atoms with Crippen molar-refractivity contribution in [2.45, 2.75) is 12.5 Å². The quantitative estimate of drug-likeness (QED) is 0.452. The number of hydrogen-bond donors (Lipinski definition) is 2. The Morgan fingerprint density at radius 2 is 1.87 bits per heavy atom. The lowest BCUT2D eigenvalue weighted by atomic mass is 9.81. The summed E-state index contributed by atoms with van der Waals surface area (Å²) in [5.41, 5.74) is 9.51. The van der Waals surface area contributed by atoms with Gasteiger partial charge in [0.1, 0.15) is 17.1 Å². The fourth-order valence-electron chi connectivity index (χ4n) is 4.20. The summed E-state index contributed by atoms with van der Waals surface area (Å²) < 4.78 is 13.3. The van der Waals surface area contributed by atoms with Crippen LogP contribution in [0.4, 0.5) is 5.82 Å². The first-order valence-electron chi connectivity index (χ1n) is 9.83. The second-order valence-corrected chi connectivity index (χ2v) is 7.27. The fraction of sp³-hybridized carbons (Fsp3) is 0.167. The first-order chi connectivity index (χ1) is 14.7. The molecule has 3 aromatic carbocycles. The van der Waals surface area contributed by atoms with Gasteiger partial charge in [-0.05, 0) is 34.5 Å². The van der Waals surface area contributed by atoms with Gasteiger partial charge in [0.2, 0.25) is 12.1 Å². The summed E-state index contributed by atoms with van der Waals surface area (Å²) in [6.07, 6.45) is 1.61. The zero-order valence-electron chi connectivity index (χ0n) is 16.6. The van der Waals surface area contributed by atoms with Crippen molar-refractivity contribution < 1.29 is 19.1 Å². The molecule has 2 heterocycles. The molecule has 1 aromatic heterocycles. The lowest BCUT2D eigenvalue weighted by molar-refractivity contribution is -0.687. The monoisotopic (exact) mass is 400 g/mol. The summed E-state index contributed by atoms with van der Waals surface area (Å²) >= 11 is 0. The maximum absolute atomic E-state index is 9.44. The summed E-state index contributed by atoms with van der Waals surface area (Å²) in [5, 5.41) is 11.7. The topological polar surface area (TPSA) is 81.5 Å². The van der Waals surface area contributed by atoms with E-state index in [1.165, 1.54) is 0 Å². The standard InChI is InChI=1S/C24H21N3O3/c1-29-17-9-6-16(7-10-17)20-21-18-5-3-2-4-15(18)8-11-19(21)30-24-22(20)23(25)27(12-13-28)14-26-24/h2-11,14,20,25,28H,12-13H2,1H3/p+1/t20-/m1/s1. The third kappa shape index (κ3) is 2.84. The summed E-state index contributed by atoms with van der Waals surface area (Å²) in [4.78, 5) is 4.51. The number of nitrogen functional groups attached to an aromatic ring is 1. The van der Waals surface area contributed by atoms with Crippen molar-refractivity contribution in [3.8, 4) is 17.4 Å². The Morgan fingerprint density at radius 3 is 2.63 bits per heavy atom. The number of methoxy groups -OCH3 is 1. The van der Waals surface area contributed by atoms with Crippen molar-refractivity contribution in [3.63, 3.8) is 0 Å². The molecule has 1 atom stereocenters. The van der Waals surface area contributed by atoms with Crippen LogP contribution in [0.1, 0.15) is 22.6 Å². The van der Waals surface area contributed by atoms with Gasteiger partial charge in [-0.1, -0.05) is 47.4 Å². The molecule has 0 amide bonds. The number of benzene rings is 3. The number of anilines is 1. The lowest BCUT2D eigenvalue weighted by Crippen LogP contribution is -2.41. The minimum Gasteiger partial charge on any atom is -0.497 e. The highest BCUT2D eigenvalue weighted by molar-refractivity contribution is 5.90. The highest BCUT2D eigenvalue weighted by atomic mass is 16.5. The van der Waals surface area contributed by atoms with E-state index >= 15 is 0 Å². The maximum atomic E-state index is 9.44. The predicted octanol–water partition coefficient (Wildman–Crippen LogP) is 3.39. The van der Waals surface area contributed by atoms with Crippen LogP contribution in [0.5, 0.6) is 17.4 Å². The Morgan fingerprint density at radius 1 is 1.07 bits per heavy atom. The van der Waals surface area contributed by atoms with Crippen LogP contribution in [0, 0.1) is 0 Å². The van der Waals surface area contributed by atoms with E-state index < -0.39 is 0 Å². The van der Waals surface area contributed by atoms with E-state index in [0.29, 0.717) is 18.2 Å². The zero-order valence-corrected chi connectivity index (χ0v) is 16.6. The van der Waals surface area contributed by atoms with E-state index in [-0.39, 0.29) is 12.5 Å². The van der Waals surface area contributed by atoms with Crippen LogP contribution in [0.2, 0.25) is 0 Å². The van der Waals surface area contributed by atoms with Crippen molar-refractivity contribution in [1.29, 1.82) is 0 Å². The van der Waals surface area contributed by atoms with Gasteiger partial charge in [-0.2, -0.15) is 0 Å². The van der Waals surface area contributed by atoms with Crippen molar-refractivity contribution in [3.05, 3.63) is 83.7 Å². The van der Waals surface area contributed by atoms with Gasteiger partial charge in [-0.3, -0.25) is 0 Å². The van der Waals surface area contributed by atoms with Gasteiger partial charge in [0, 0.05) is 5.56 Å². The van der Waals surface area contributed by atoms with Crippen molar-refractivity contribution in [1.82, 2.24) is 4.98 Å².